The van der Waals surface area contributed by atoms with Gasteiger partial charge in [0.15, 0.2) is 5.78 Å². The third-order valence-electron chi connectivity index (χ3n) is 8.08. The van der Waals surface area contributed by atoms with Gasteiger partial charge in [-0.1, -0.05) is 37.5 Å². The lowest BCUT2D eigenvalue weighted by atomic mass is 9.56. The number of methoxy groups -OCH3 is 2. The maximum Gasteiger partial charge on any atom is 0.165 e. The van der Waals surface area contributed by atoms with Crippen molar-refractivity contribution in [3.8, 4) is 11.5 Å². The lowest BCUT2D eigenvalue weighted by Gasteiger charge is -2.46. The molecular formula is C29H42O4. The predicted octanol–water partition coefficient (Wildman–Crippen LogP) is 6.52. The number of hydrogen-bond donors (Lipinski definition) is 1. The summed E-state index contributed by atoms with van der Waals surface area (Å²) in [4.78, 5) is 13.8. The number of Topliss-reactive ketones (excluding diaryl/α,β-unsaturated/α-hetero) is 1. The molecule has 0 aliphatic heterocycles. The van der Waals surface area contributed by atoms with Crippen molar-refractivity contribution in [2.24, 2.45) is 10.8 Å². The van der Waals surface area contributed by atoms with Gasteiger partial charge in [-0.25, -0.2) is 0 Å². The Hall–Kier alpha value is -2.07. The van der Waals surface area contributed by atoms with Crippen molar-refractivity contribution >= 4 is 5.78 Å². The topological polar surface area (TPSA) is 55.8 Å². The molecule has 0 heterocycles. The van der Waals surface area contributed by atoms with Gasteiger partial charge < -0.3 is 14.6 Å². The number of benzene rings is 1. The Morgan fingerprint density at radius 2 is 1.88 bits per heavy atom. The first-order valence-corrected chi connectivity index (χ1v) is 12.2. The zero-order valence-corrected chi connectivity index (χ0v) is 21.9. The summed E-state index contributed by atoms with van der Waals surface area (Å²) < 4.78 is 11.1. The molecule has 0 amide bonds. The van der Waals surface area contributed by atoms with Gasteiger partial charge in [-0.3, -0.25) is 4.79 Å². The summed E-state index contributed by atoms with van der Waals surface area (Å²) in [7, 11) is 3.38. The average Bonchev–Trinajstić information content (AvgIpc) is 3.03. The molecule has 0 saturated heterocycles. The molecule has 0 unspecified atom stereocenters. The number of aryl methyl sites for hydroxylation is 1. The third kappa shape index (κ3) is 5.06. The van der Waals surface area contributed by atoms with Gasteiger partial charge in [-0.15, -0.1) is 0 Å². The van der Waals surface area contributed by atoms with Gasteiger partial charge in [0.1, 0.15) is 11.5 Å². The normalized spacial score (nSPS) is 26.0. The van der Waals surface area contributed by atoms with Crippen molar-refractivity contribution in [2.75, 3.05) is 14.2 Å². The highest BCUT2D eigenvalue weighted by Gasteiger charge is 2.56. The monoisotopic (exact) mass is 454 g/mol. The molecular weight excluding hydrogens is 412 g/mol. The molecule has 0 spiro atoms. The van der Waals surface area contributed by atoms with Gasteiger partial charge in [0.05, 0.1) is 19.8 Å². The smallest absolute Gasteiger partial charge is 0.165 e. The number of ketones is 1. The van der Waals surface area contributed by atoms with E-state index in [1.54, 1.807) is 28.1 Å². The molecule has 1 aromatic rings. The van der Waals surface area contributed by atoms with E-state index in [-0.39, 0.29) is 16.6 Å². The van der Waals surface area contributed by atoms with E-state index >= 15 is 0 Å². The van der Waals surface area contributed by atoms with Crippen molar-refractivity contribution < 1.29 is 19.4 Å². The van der Waals surface area contributed by atoms with Gasteiger partial charge in [0, 0.05) is 17.4 Å². The largest absolute Gasteiger partial charge is 0.497 e. The molecule has 2 aliphatic carbocycles. The Kier molecular flexibility index (Phi) is 7.19. The molecule has 182 valence electrons. The molecule has 0 radical (unpaired) electrons. The molecule has 0 aromatic heterocycles. The Balaban J connectivity index is 1.92. The first-order chi connectivity index (χ1) is 15.3. The van der Waals surface area contributed by atoms with Crippen molar-refractivity contribution in [1.29, 1.82) is 0 Å². The van der Waals surface area contributed by atoms with Crippen molar-refractivity contribution in [1.82, 2.24) is 0 Å². The Morgan fingerprint density at radius 3 is 2.48 bits per heavy atom. The molecule has 1 N–H and O–H groups in total. The minimum absolute atomic E-state index is 0.00984. The van der Waals surface area contributed by atoms with Gasteiger partial charge in [-0.05, 0) is 88.5 Å². The summed E-state index contributed by atoms with van der Waals surface area (Å²) >= 11 is 0. The van der Waals surface area contributed by atoms with Crippen LogP contribution in [0.15, 0.2) is 34.9 Å². The van der Waals surface area contributed by atoms with Gasteiger partial charge in [0.2, 0.25) is 0 Å². The minimum Gasteiger partial charge on any atom is -0.497 e. The first kappa shape index (κ1) is 25.6. The zero-order chi connectivity index (χ0) is 24.6. The molecule has 2 aliphatic rings. The fraction of sp³-hybridized carbons (Fsp3) is 0.621. The second-order valence-corrected chi connectivity index (χ2v) is 11.4. The Morgan fingerprint density at radius 1 is 1.18 bits per heavy atom. The highest BCUT2D eigenvalue weighted by molar-refractivity contribution is 6.02. The number of rotatable bonds is 8. The number of aliphatic hydroxyl groups is 1. The molecule has 4 heteroatoms. The molecule has 1 saturated carbocycles. The van der Waals surface area contributed by atoms with Crippen LogP contribution in [-0.2, 0) is 11.2 Å². The van der Waals surface area contributed by atoms with E-state index in [2.05, 4.69) is 26.8 Å². The zero-order valence-electron chi connectivity index (χ0n) is 21.9. The van der Waals surface area contributed by atoms with Crippen LogP contribution in [0.2, 0.25) is 0 Å². The molecule has 1 fully saturated rings. The molecule has 0 bridgehead atoms. The number of fused-ring (bicyclic) bond motifs is 1. The summed E-state index contributed by atoms with van der Waals surface area (Å²) in [5.74, 6) is 1.99. The summed E-state index contributed by atoms with van der Waals surface area (Å²) in [5.41, 5.74) is 4.27. The molecule has 1 aromatic carbocycles. The van der Waals surface area contributed by atoms with Crippen molar-refractivity contribution in [3.05, 3.63) is 46.1 Å². The van der Waals surface area contributed by atoms with Crippen LogP contribution < -0.4 is 9.47 Å². The number of carbonyl (C=O) groups is 1. The number of carbonyl (C=O) groups excluding carboxylic acids is 1. The van der Waals surface area contributed by atoms with Gasteiger partial charge in [-0.2, -0.15) is 0 Å². The number of hydrogen-bond acceptors (Lipinski definition) is 4. The van der Waals surface area contributed by atoms with E-state index < -0.39 is 5.60 Å². The summed E-state index contributed by atoms with van der Waals surface area (Å²) in [6.45, 7) is 12.2. The van der Waals surface area contributed by atoms with Crippen LogP contribution >= 0.6 is 0 Å². The maximum absolute atomic E-state index is 13.8. The number of allylic oxidation sites excluding steroid dienone is 3. The summed E-state index contributed by atoms with van der Waals surface area (Å²) in [6.07, 6.45) is 8.26. The molecule has 4 nitrogen and oxygen atoms in total. The minimum atomic E-state index is -0.901. The highest BCUT2D eigenvalue weighted by atomic mass is 16.5. The highest BCUT2D eigenvalue weighted by Crippen LogP contribution is 2.61. The fourth-order valence-corrected chi connectivity index (χ4v) is 6.02. The van der Waals surface area contributed by atoms with Gasteiger partial charge >= 0.3 is 0 Å². The summed E-state index contributed by atoms with van der Waals surface area (Å²) in [6, 6.07) is 4.02. The average molecular weight is 455 g/mol. The SMILES string of the molecule is COc1cc(C)c(OC)c(CC=C(C)CC2=C(CC(C)(C)O)C(=O)[C@@]3(C)CCC[C@@]3(C)C2)c1. The van der Waals surface area contributed by atoms with Crippen molar-refractivity contribution in [2.45, 2.75) is 92.1 Å². The van der Waals surface area contributed by atoms with Crippen LogP contribution in [0.3, 0.4) is 0 Å². The predicted molar refractivity (Wildman–Crippen MR) is 134 cm³/mol. The van der Waals surface area contributed by atoms with Crippen LogP contribution in [-0.4, -0.2) is 30.7 Å². The van der Waals surface area contributed by atoms with Crippen LogP contribution in [0.5, 0.6) is 11.5 Å². The second-order valence-electron chi connectivity index (χ2n) is 11.4. The lowest BCUT2D eigenvalue weighted by Crippen LogP contribution is -2.45. The number of ether oxygens (including phenoxy) is 2. The van der Waals surface area contributed by atoms with Crippen LogP contribution in [0.25, 0.3) is 0 Å². The van der Waals surface area contributed by atoms with Crippen molar-refractivity contribution in [3.63, 3.8) is 0 Å². The van der Waals surface area contributed by atoms with E-state index in [0.29, 0.717) is 6.42 Å². The van der Waals surface area contributed by atoms with Crippen LogP contribution in [0.4, 0.5) is 0 Å². The van der Waals surface area contributed by atoms with Crippen LogP contribution in [0.1, 0.15) is 84.3 Å². The van der Waals surface area contributed by atoms with Gasteiger partial charge in [0.25, 0.3) is 0 Å². The van der Waals surface area contributed by atoms with E-state index in [9.17, 15) is 9.90 Å². The molecule has 2 atom stereocenters. The third-order valence-corrected chi connectivity index (χ3v) is 8.08. The lowest BCUT2D eigenvalue weighted by molar-refractivity contribution is -0.131. The maximum atomic E-state index is 13.8. The molecule has 3 rings (SSSR count). The summed E-state index contributed by atoms with van der Waals surface area (Å²) in [5, 5.41) is 10.6. The second kappa shape index (κ2) is 9.29. The first-order valence-electron chi connectivity index (χ1n) is 12.2. The fourth-order valence-electron chi connectivity index (χ4n) is 6.02. The molecule has 33 heavy (non-hydrogen) atoms. The standard InChI is InChI=1S/C29H42O4/c1-19(10-11-21-16-23(32-7)15-20(2)25(21)33-8)14-22-17-28(5)12-9-13-29(28,6)26(30)24(22)18-27(3,4)31/h10,15-16,31H,9,11-14,17-18H2,1-8H3/t28-,29+/m0/s1. The van der Waals surface area contributed by atoms with E-state index in [1.165, 1.54) is 11.1 Å². The Labute approximate surface area is 200 Å². The quantitative estimate of drug-likeness (QED) is 0.454. The van der Waals surface area contributed by atoms with E-state index in [4.69, 9.17) is 9.47 Å². The van der Waals surface area contributed by atoms with Crippen LogP contribution in [0, 0.1) is 17.8 Å². The van der Waals surface area contributed by atoms with E-state index in [0.717, 1.165) is 66.7 Å². The van der Waals surface area contributed by atoms with E-state index in [1.807, 2.05) is 19.1 Å². The Bertz CT molecular complexity index is 978.